The van der Waals surface area contributed by atoms with Crippen LogP contribution < -0.4 is 0 Å². The standard InChI is InChI=1S/C61H42N4/c1-61(2)52-25-13-9-21-46(52)47-31-29-41(37-53(47)61)43-33-42(40-30-32-58-51(36-40)50-24-12-14-26-55(50)64(58)45-19-7-4-8-20-45)34-44(35-43)54-38-59(63-60(62-54)39-17-5-3-6-18-39)65-56-27-15-10-22-48(56)49-23-11-16-28-57(49)65/h3-38H,1-2H3. The van der Waals surface area contributed by atoms with Crippen molar-refractivity contribution in [2.45, 2.75) is 19.3 Å². The maximum absolute atomic E-state index is 5.42. The summed E-state index contributed by atoms with van der Waals surface area (Å²) in [7, 11) is 0. The van der Waals surface area contributed by atoms with Gasteiger partial charge in [-0.1, -0.05) is 159 Å². The summed E-state index contributed by atoms with van der Waals surface area (Å²) in [6.07, 6.45) is 0. The maximum atomic E-state index is 5.42. The Morgan fingerprint density at radius 3 is 1.57 bits per heavy atom. The molecule has 0 amide bonds. The minimum atomic E-state index is -0.130. The van der Waals surface area contributed by atoms with Crippen LogP contribution in [-0.2, 0) is 5.41 Å². The summed E-state index contributed by atoms with van der Waals surface area (Å²) in [6.45, 7) is 4.71. The van der Waals surface area contributed by atoms with Crippen LogP contribution in [-0.4, -0.2) is 19.1 Å². The zero-order valence-corrected chi connectivity index (χ0v) is 36.1. The summed E-state index contributed by atoms with van der Waals surface area (Å²) >= 11 is 0. The molecule has 4 heteroatoms. The van der Waals surface area contributed by atoms with Crippen molar-refractivity contribution < 1.29 is 0 Å². The fourth-order valence-corrected chi connectivity index (χ4v) is 10.6. The van der Waals surface area contributed by atoms with E-state index in [1.54, 1.807) is 0 Å². The van der Waals surface area contributed by atoms with E-state index in [2.05, 4.69) is 235 Å². The minimum Gasteiger partial charge on any atom is -0.309 e. The highest BCUT2D eigenvalue weighted by Crippen LogP contribution is 2.50. The van der Waals surface area contributed by atoms with E-state index in [1.807, 2.05) is 6.07 Å². The zero-order chi connectivity index (χ0) is 43.2. The third-order valence-electron chi connectivity index (χ3n) is 13.7. The van der Waals surface area contributed by atoms with Gasteiger partial charge in [0, 0.05) is 49.8 Å². The number of aromatic nitrogens is 4. The normalized spacial score (nSPS) is 12.9. The first-order valence-electron chi connectivity index (χ1n) is 22.4. The van der Waals surface area contributed by atoms with E-state index < -0.39 is 0 Å². The van der Waals surface area contributed by atoms with Crippen LogP contribution in [0.25, 0.3) is 111 Å². The van der Waals surface area contributed by atoms with Crippen LogP contribution >= 0.6 is 0 Å². The Morgan fingerprint density at radius 2 is 0.862 bits per heavy atom. The van der Waals surface area contributed by atoms with Crippen molar-refractivity contribution in [2.24, 2.45) is 0 Å². The molecule has 12 aromatic rings. The van der Waals surface area contributed by atoms with Gasteiger partial charge in [-0.3, -0.25) is 4.57 Å². The van der Waals surface area contributed by atoms with Gasteiger partial charge >= 0.3 is 0 Å². The van der Waals surface area contributed by atoms with Crippen LogP contribution in [0.4, 0.5) is 0 Å². The van der Waals surface area contributed by atoms with Crippen LogP contribution in [0, 0.1) is 0 Å². The molecule has 3 heterocycles. The average molecular weight is 831 g/mol. The molecule has 1 aliphatic carbocycles. The molecule has 3 aromatic heterocycles. The van der Waals surface area contributed by atoms with Crippen molar-refractivity contribution in [1.82, 2.24) is 19.1 Å². The summed E-state index contributed by atoms with van der Waals surface area (Å²) in [5.41, 5.74) is 18.4. The predicted molar refractivity (Wildman–Crippen MR) is 270 cm³/mol. The second-order valence-electron chi connectivity index (χ2n) is 17.8. The summed E-state index contributed by atoms with van der Waals surface area (Å²) in [5, 5.41) is 4.83. The van der Waals surface area contributed by atoms with Crippen LogP contribution in [0.5, 0.6) is 0 Å². The Kier molecular flexibility index (Phi) is 8.22. The molecule has 9 aromatic carbocycles. The third-order valence-corrected chi connectivity index (χ3v) is 13.7. The van der Waals surface area contributed by atoms with Crippen molar-refractivity contribution in [2.75, 3.05) is 0 Å². The van der Waals surface area contributed by atoms with Crippen LogP contribution in [0.15, 0.2) is 218 Å². The number of rotatable bonds is 6. The van der Waals surface area contributed by atoms with E-state index in [4.69, 9.17) is 9.97 Å². The lowest BCUT2D eigenvalue weighted by Gasteiger charge is -2.22. The van der Waals surface area contributed by atoms with Crippen molar-refractivity contribution in [3.8, 4) is 67.5 Å². The molecule has 0 saturated heterocycles. The van der Waals surface area contributed by atoms with E-state index in [9.17, 15) is 0 Å². The summed E-state index contributed by atoms with van der Waals surface area (Å²) in [5.74, 6) is 1.50. The first kappa shape index (κ1) is 37.2. The fourth-order valence-electron chi connectivity index (χ4n) is 10.6. The number of nitrogens with zero attached hydrogens (tertiary/aromatic N) is 4. The maximum Gasteiger partial charge on any atom is 0.162 e. The van der Waals surface area contributed by atoms with Crippen LogP contribution in [0.3, 0.4) is 0 Å². The molecule has 0 unspecified atom stereocenters. The van der Waals surface area contributed by atoms with Gasteiger partial charge in [0.1, 0.15) is 5.82 Å². The molecule has 0 radical (unpaired) electrons. The lowest BCUT2D eigenvalue weighted by molar-refractivity contribution is 0.660. The van der Waals surface area contributed by atoms with E-state index >= 15 is 0 Å². The first-order chi connectivity index (χ1) is 32.0. The molecule has 0 N–H and O–H groups in total. The molecule has 0 atom stereocenters. The predicted octanol–water partition coefficient (Wildman–Crippen LogP) is 15.6. The van der Waals surface area contributed by atoms with Gasteiger partial charge in [-0.2, -0.15) is 0 Å². The topological polar surface area (TPSA) is 35.6 Å². The van der Waals surface area contributed by atoms with Crippen molar-refractivity contribution in [3.05, 3.63) is 230 Å². The van der Waals surface area contributed by atoms with Gasteiger partial charge in [0.2, 0.25) is 0 Å². The molecular formula is C61H42N4. The molecule has 1 aliphatic rings. The monoisotopic (exact) mass is 830 g/mol. The Labute approximate surface area is 377 Å². The minimum absolute atomic E-state index is 0.130. The largest absolute Gasteiger partial charge is 0.309 e. The summed E-state index contributed by atoms with van der Waals surface area (Å²) in [6, 6.07) is 79.1. The second kappa shape index (κ2) is 14.3. The van der Waals surface area contributed by atoms with Crippen molar-refractivity contribution >= 4 is 43.6 Å². The van der Waals surface area contributed by atoms with E-state index in [0.717, 1.165) is 56.0 Å². The Bertz CT molecular complexity index is 3800. The molecule has 0 aliphatic heterocycles. The fraction of sp³-hybridized carbons (Fsp3) is 0.0492. The van der Waals surface area contributed by atoms with Crippen LogP contribution in [0.2, 0.25) is 0 Å². The van der Waals surface area contributed by atoms with Crippen molar-refractivity contribution in [3.63, 3.8) is 0 Å². The van der Waals surface area contributed by atoms with E-state index in [-0.39, 0.29) is 5.41 Å². The van der Waals surface area contributed by atoms with Gasteiger partial charge in [-0.05, 0) is 111 Å². The molecule has 0 saturated carbocycles. The quantitative estimate of drug-likeness (QED) is 0.167. The first-order valence-corrected chi connectivity index (χ1v) is 22.4. The summed E-state index contributed by atoms with van der Waals surface area (Å²) in [4.78, 5) is 10.8. The lowest BCUT2D eigenvalue weighted by atomic mass is 9.81. The van der Waals surface area contributed by atoms with Crippen molar-refractivity contribution in [1.29, 1.82) is 0 Å². The lowest BCUT2D eigenvalue weighted by Crippen LogP contribution is -2.14. The number of para-hydroxylation sites is 4. The number of fused-ring (bicyclic) bond motifs is 9. The van der Waals surface area contributed by atoms with E-state index in [1.165, 1.54) is 60.4 Å². The molecule has 65 heavy (non-hydrogen) atoms. The molecule has 0 spiro atoms. The van der Waals surface area contributed by atoms with Gasteiger partial charge in [0.05, 0.1) is 27.8 Å². The third kappa shape index (κ3) is 5.84. The Hall–Kier alpha value is -8.34. The highest BCUT2D eigenvalue weighted by atomic mass is 15.1. The van der Waals surface area contributed by atoms with E-state index in [0.29, 0.717) is 5.82 Å². The van der Waals surface area contributed by atoms with Gasteiger partial charge in [-0.15, -0.1) is 0 Å². The highest BCUT2D eigenvalue weighted by Gasteiger charge is 2.35. The second-order valence-corrected chi connectivity index (χ2v) is 17.8. The molecule has 0 bridgehead atoms. The molecule has 13 rings (SSSR count). The number of hydrogen-bond acceptors (Lipinski definition) is 2. The van der Waals surface area contributed by atoms with Gasteiger partial charge < -0.3 is 4.57 Å². The molecule has 4 nitrogen and oxygen atoms in total. The van der Waals surface area contributed by atoms with Gasteiger partial charge in [0.25, 0.3) is 0 Å². The Balaban J connectivity index is 1.06. The smallest absolute Gasteiger partial charge is 0.162 e. The average Bonchev–Trinajstić information content (AvgIpc) is 3.97. The summed E-state index contributed by atoms with van der Waals surface area (Å²) < 4.78 is 4.67. The molecule has 0 fully saturated rings. The van der Waals surface area contributed by atoms with Gasteiger partial charge in [-0.25, -0.2) is 9.97 Å². The highest BCUT2D eigenvalue weighted by molar-refractivity contribution is 6.11. The number of hydrogen-bond donors (Lipinski definition) is 0. The Morgan fingerprint density at radius 1 is 0.338 bits per heavy atom. The van der Waals surface area contributed by atoms with Gasteiger partial charge in [0.15, 0.2) is 5.82 Å². The number of benzene rings is 9. The zero-order valence-electron chi connectivity index (χ0n) is 36.1. The molecule has 306 valence electrons. The SMILES string of the molecule is CC1(C)c2ccccc2-c2ccc(-c3cc(-c4ccc5c(c4)c4ccccc4n5-c4ccccc4)cc(-c4cc(-n5c6ccccc6c6ccccc65)nc(-c5ccccc5)n4)c3)cc21. The van der Waals surface area contributed by atoms with Crippen LogP contribution in [0.1, 0.15) is 25.0 Å². The molecular weight excluding hydrogens is 789 g/mol.